The molecule has 768 valence electrons. The lowest BCUT2D eigenvalue weighted by molar-refractivity contribution is -0.392. The van der Waals surface area contributed by atoms with Gasteiger partial charge in [-0.25, -0.2) is 0 Å². The van der Waals surface area contributed by atoms with Crippen molar-refractivity contribution in [1.82, 2.24) is 0 Å². The molecule has 16 N–H and O–H groups in total. The number of thioether (sulfide) groups is 8. The Balaban J connectivity index is 1.13. The van der Waals surface area contributed by atoms with E-state index in [0.717, 1.165) is 58.8 Å². The molecule has 40 atom stereocenters. The van der Waals surface area contributed by atoms with Crippen LogP contribution >= 0.6 is 94.1 Å². The van der Waals surface area contributed by atoms with E-state index in [2.05, 4.69) is 0 Å². The normalized spacial score (nSPS) is 40.2. The summed E-state index contributed by atoms with van der Waals surface area (Å²) in [6.07, 6.45) is -75.2. The SMILES string of the molecule is CCCSCC1O[C@@H]2O[C@@H]3C(CSCCC(=O)OC)O[C@H](O[C@@H]4C(CSCCC(=O)OC)O[C@H](O[C@@H]5C(CSCCC(=O)OC)OC(O[C@@H]6C(CSCCCOC=O)O[C@H](O[C@@H]7C(O)[C@@H](OC(CSCCCOC=O)[C@H]7O)O[C@@H]7C(CSCCCOC=O)O[C@H](O[C@@H]8C(CSCCCOC=O)O[C@H](O[C@H]1[C@H](O)C2O)C(O)[C@H]8O)C(O)[C@H]7O)C(O)[C@H]6O)[C@@H](O)[C@H]5O)C(O)[C@H]4O)C(O)[C@H]3O. The zero-order chi connectivity index (χ0) is 96.4. The molecule has 26 rings (SSSR count). The standard InChI is InChI=1S/C79H128O46S8/c1-5-17-126-26-38-64-49(88)56(95)72(111-38)121-67-42(30-131-22-10-45(84)103-2)115-76(59(98)52(67)91)123-69-44(32-133-24-12-47(86)105-4)116-77(60(99)53(69)92)122-68-43(31-132-23-11-46(85)104-3)114-75(58(97)51(68)90)120-66-40(28-129-20-8-15-108-35-82)117-78(62(101)55(66)94)125-71-48(87)37(25-127-18-6-13-106-33-80)110-79(63(71)102)124-70-41(29-130-21-9-16-109-36-83)113-74(61(100)54(70)93)119-65-39(27-128-19-7-14-107-34-81)112-73(118-64)57(96)50(65)89/h33-44,48-79,87-102H,5-32H2,1-4H3/t37?,38?,39?,40?,41?,42?,43?,44?,48-,49-,50-,51-,52-,53-,54-,55-,56?,57?,58+,59?,60?,61?,62?,63?,64-,65-,66-,67-,68-,69-,70-,71+,72-,73-,74-,75?,76-,77-,78-,79+/m1/s1. The average molecular weight is 2070 g/mol. The fourth-order valence-corrected chi connectivity index (χ4v) is 23.3. The minimum absolute atomic E-state index is 0.00555. The number of hydrogen-bond acceptors (Lipinski definition) is 54. The maximum atomic E-state index is 12.7. The first-order chi connectivity index (χ1) is 64.1. The minimum Gasteiger partial charge on any atom is -0.469 e. The molecule has 0 aromatic heterocycles. The zero-order valence-corrected chi connectivity index (χ0v) is 79.9. The quantitative estimate of drug-likeness (QED) is 0.0117. The first-order valence-corrected chi connectivity index (χ1v) is 52.7. The number of aliphatic hydroxyl groups excluding tert-OH is 16. The maximum Gasteiger partial charge on any atom is 0.306 e. The van der Waals surface area contributed by atoms with Gasteiger partial charge < -0.3 is 191 Å². The Bertz CT molecular complexity index is 3360. The molecular weight excluding hydrogens is 1940 g/mol. The van der Waals surface area contributed by atoms with Gasteiger partial charge in [-0.3, -0.25) is 33.6 Å². The molecule has 0 aromatic rings. The maximum absolute atomic E-state index is 12.7. The summed E-state index contributed by atoms with van der Waals surface area (Å²) in [7, 11) is 3.51. The highest BCUT2D eigenvalue weighted by atomic mass is 32.2. The number of ether oxygens (including phenoxy) is 23. The second-order valence-electron chi connectivity index (χ2n) is 31.9. The van der Waals surface area contributed by atoms with Crippen molar-refractivity contribution in [2.75, 3.05) is 140 Å². The average Bonchev–Trinajstić information content (AvgIpc) is 0.787. The third kappa shape index (κ3) is 32.9. The van der Waals surface area contributed by atoms with Gasteiger partial charge in [-0.1, -0.05) is 6.92 Å². The summed E-state index contributed by atoms with van der Waals surface area (Å²) in [4.78, 5) is 82.0. The van der Waals surface area contributed by atoms with E-state index < -0.39 is 264 Å². The first-order valence-electron chi connectivity index (χ1n) is 43.5. The van der Waals surface area contributed by atoms with Crippen LogP contribution in [0.1, 0.15) is 58.3 Å². The Hall–Kier alpha value is -2.19. The molecule has 0 aromatic carbocycles. The van der Waals surface area contributed by atoms with Gasteiger partial charge in [0.1, 0.15) is 146 Å². The van der Waals surface area contributed by atoms with E-state index in [1.54, 1.807) is 0 Å². The molecule has 0 saturated carbocycles. The number of esters is 3. The summed E-state index contributed by atoms with van der Waals surface area (Å²) in [5.74, 6) is -1.68. The molecule has 0 radical (unpaired) electrons. The molecule has 0 aliphatic carbocycles. The zero-order valence-electron chi connectivity index (χ0n) is 73.4. The summed E-state index contributed by atoms with van der Waals surface area (Å²) in [5.41, 5.74) is 0. The Morgan fingerprint density at radius 2 is 0.414 bits per heavy atom. The van der Waals surface area contributed by atoms with Crippen LogP contribution in [-0.2, 0) is 143 Å². The second kappa shape index (κ2) is 59.8. The highest BCUT2D eigenvalue weighted by Crippen LogP contribution is 2.43. The van der Waals surface area contributed by atoms with Crippen molar-refractivity contribution < 1.29 is 224 Å². The predicted molar refractivity (Wildman–Crippen MR) is 470 cm³/mol. The Labute approximate surface area is 801 Å². The number of carbonyl (C=O) groups excluding carboxylic acids is 7. The number of rotatable bonds is 47. The van der Waals surface area contributed by atoms with Crippen molar-refractivity contribution in [3.05, 3.63) is 0 Å². The number of hydrogen-bond donors (Lipinski definition) is 16. The van der Waals surface area contributed by atoms with E-state index >= 15 is 0 Å². The summed E-state index contributed by atoms with van der Waals surface area (Å²) in [5, 5.41) is 199. The minimum atomic E-state index is -2.25. The molecule has 16 bridgehead atoms. The van der Waals surface area contributed by atoms with E-state index in [0.29, 0.717) is 18.6 Å². The van der Waals surface area contributed by atoms with Gasteiger partial charge in [-0.05, 0) is 60.9 Å². The molecule has 16 unspecified atom stereocenters. The van der Waals surface area contributed by atoms with Gasteiger partial charge in [0.25, 0.3) is 25.9 Å². The molecule has 26 fully saturated rings. The van der Waals surface area contributed by atoms with Crippen molar-refractivity contribution in [2.45, 2.75) is 304 Å². The first kappa shape index (κ1) is 114. The summed E-state index contributed by atoms with van der Waals surface area (Å²) < 4.78 is 137. The van der Waals surface area contributed by atoms with Crippen molar-refractivity contribution in [1.29, 1.82) is 0 Å². The van der Waals surface area contributed by atoms with Crippen LogP contribution in [0, 0.1) is 0 Å². The molecule has 26 saturated heterocycles. The summed E-state index contributed by atoms with van der Waals surface area (Å²) >= 11 is 9.09. The molecular formula is C79H128O46S8. The molecule has 26 heterocycles. The smallest absolute Gasteiger partial charge is 0.306 e. The number of methoxy groups -OCH3 is 3. The van der Waals surface area contributed by atoms with Gasteiger partial charge in [0.15, 0.2) is 50.3 Å². The fraction of sp³-hybridized carbons (Fsp3) is 0.911. The monoisotopic (exact) mass is 2070 g/mol. The molecule has 26 aliphatic rings. The fourth-order valence-electron chi connectivity index (χ4n) is 15.5. The van der Waals surface area contributed by atoms with Gasteiger partial charge in [0.05, 0.1) is 116 Å². The molecule has 133 heavy (non-hydrogen) atoms. The van der Waals surface area contributed by atoms with E-state index in [1.165, 1.54) is 56.6 Å². The summed E-state index contributed by atoms with van der Waals surface area (Å²) in [6.45, 7) is 2.79. The van der Waals surface area contributed by atoms with Gasteiger partial charge in [0.2, 0.25) is 0 Å². The van der Waals surface area contributed by atoms with Crippen molar-refractivity contribution in [3.8, 4) is 0 Å². The lowest BCUT2D eigenvalue weighted by Crippen LogP contribution is -2.68. The third-order valence-corrected chi connectivity index (χ3v) is 31.6. The van der Waals surface area contributed by atoms with Crippen LogP contribution in [0.25, 0.3) is 0 Å². The van der Waals surface area contributed by atoms with Crippen LogP contribution in [0.15, 0.2) is 0 Å². The van der Waals surface area contributed by atoms with Gasteiger partial charge in [-0.2, -0.15) is 94.1 Å². The lowest BCUT2D eigenvalue weighted by atomic mass is 9.95. The van der Waals surface area contributed by atoms with Crippen LogP contribution in [0.3, 0.4) is 0 Å². The van der Waals surface area contributed by atoms with Gasteiger partial charge >= 0.3 is 17.9 Å². The Kier molecular flexibility index (Phi) is 51.4. The Morgan fingerprint density at radius 1 is 0.233 bits per heavy atom. The van der Waals surface area contributed by atoms with Crippen molar-refractivity contribution in [2.24, 2.45) is 0 Å². The Morgan fingerprint density at radius 3 is 0.617 bits per heavy atom. The van der Waals surface area contributed by atoms with Gasteiger partial charge in [-0.15, -0.1) is 0 Å². The van der Waals surface area contributed by atoms with Crippen LogP contribution in [0.5, 0.6) is 0 Å². The molecule has 46 nitrogen and oxygen atoms in total. The summed E-state index contributed by atoms with van der Waals surface area (Å²) in [6, 6.07) is 0. The highest BCUT2D eigenvalue weighted by Gasteiger charge is 2.61. The molecule has 0 amide bonds. The molecule has 0 spiro atoms. The number of aliphatic hydroxyl groups is 16. The lowest BCUT2D eigenvalue weighted by Gasteiger charge is -2.50. The number of carbonyl (C=O) groups is 7. The predicted octanol–water partition coefficient (Wildman–Crippen LogP) is -6.13. The van der Waals surface area contributed by atoms with Crippen LogP contribution in [0.4, 0.5) is 0 Å². The van der Waals surface area contributed by atoms with Crippen LogP contribution < -0.4 is 0 Å². The van der Waals surface area contributed by atoms with Crippen molar-refractivity contribution >= 4 is 138 Å². The molecule has 26 aliphatic heterocycles. The van der Waals surface area contributed by atoms with E-state index in [-0.39, 0.29) is 177 Å². The van der Waals surface area contributed by atoms with Crippen molar-refractivity contribution in [3.63, 3.8) is 0 Å². The topological polar surface area (TPSA) is 655 Å². The largest absolute Gasteiger partial charge is 0.469 e. The van der Waals surface area contributed by atoms with E-state index in [9.17, 15) is 115 Å². The van der Waals surface area contributed by atoms with Crippen LogP contribution in [-0.4, -0.2) is 511 Å². The van der Waals surface area contributed by atoms with Gasteiger partial charge in [0, 0.05) is 63.3 Å². The highest BCUT2D eigenvalue weighted by molar-refractivity contribution is 8.00. The second-order valence-corrected chi connectivity index (χ2v) is 41.1. The van der Waals surface area contributed by atoms with E-state index in [4.69, 9.17) is 109 Å². The van der Waals surface area contributed by atoms with Crippen LogP contribution in [0.2, 0.25) is 0 Å². The molecule has 54 heteroatoms. The third-order valence-electron chi connectivity index (χ3n) is 22.6. The van der Waals surface area contributed by atoms with E-state index in [1.807, 2.05) is 6.92 Å².